The maximum atomic E-state index is 12.8. The van der Waals surface area contributed by atoms with Gasteiger partial charge in [-0.05, 0) is 37.8 Å². The number of amides is 1. The molecule has 0 bridgehead atoms. The van der Waals surface area contributed by atoms with Crippen molar-refractivity contribution >= 4 is 21.7 Å². The fourth-order valence-corrected chi connectivity index (χ4v) is 5.76. The summed E-state index contributed by atoms with van der Waals surface area (Å²) in [4.78, 5) is 26.2. The molecule has 1 saturated heterocycles. The standard InChI is InChI=1S/C18H23NO6S/c20-12-6-8-19(9-7-12)17(21)15-10-14(11-16(15)18(22)23)26(24,25)13-4-2-1-3-5-13/h1-5,12,14-16,20H,6-11H2,(H,22,23). The van der Waals surface area contributed by atoms with E-state index in [1.807, 2.05) is 0 Å². The number of benzene rings is 1. The van der Waals surface area contributed by atoms with E-state index in [0.717, 1.165) is 0 Å². The maximum absolute atomic E-state index is 12.8. The summed E-state index contributed by atoms with van der Waals surface area (Å²) in [6.45, 7) is 0.748. The average molecular weight is 381 g/mol. The van der Waals surface area contributed by atoms with E-state index in [4.69, 9.17) is 0 Å². The fraction of sp³-hybridized carbons (Fsp3) is 0.556. The second kappa shape index (κ2) is 7.36. The Bertz CT molecular complexity index is 770. The van der Waals surface area contributed by atoms with Gasteiger partial charge in [0.2, 0.25) is 5.91 Å². The maximum Gasteiger partial charge on any atom is 0.307 e. The lowest BCUT2D eigenvalue weighted by atomic mass is 9.93. The molecule has 2 fully saturated rings. The highest BCUT2D eigenvalue weighted by Crippen LogP contribution is 2.39. The zero-order valence-electron chi connectivity index (χ0n) is 14.3. The lowest BCUT2D eigenvalue weighted by molar-refractivity contribution is -0.149. The van der Waals surface area contributed by atoms with Crippen molar-refractivity contribution in [3.8, 4) is 0 Å². The normalized spacial score (nSPS) is 27.4. The molecule has 3 unspecified atom stereocenters. The number of carboxylic acids is 1. The van der Waals surface area contributed by atoms with Crippen LogP contribution < -0.4 is 0 Å². The zero-order valence-corrected chi connectivity index (χ0v) is 15.1. The molecule has 8 heteroatoms. The number of carbonyl (C=O) groups excluding carboxylic acids is 1. The zero-order chi connectivity index (χ0) is 18.9. The molecule has 0 aromatic heterocycles. The molecule has 1 aromatic rings. The van der Waals surface area contributed by atoms with E-state index >= 15 is 0 Å². The number of likely N-dealkylation sites (tertiary alicyclic amines) is 1. The van der Waals surface area contributed by atoms with Gasteiger partial charge in [0.15, 0.2) is 9.84 Å². The summed E-state index contributed by atoms with van der Waals surface area (Å²) >= 11 is 0. The first-order chi connectivity index (χ1) is 12.3. The minimum absolute atomic E-state index is 0.0199. The van der Waals surface area contributed by atoms with Crippen LogP contribution in [0.25, 0.3) is 0 Å². The van der Waals surface area contributed by atoms with Crippen LogP contribution in [0.5, 0.6) is 0 Å². The van der Waals surface area contributed by atoms with Gasteiger partial charge in [-0.15, -0.1) is 0 Å². The number of aliphatic hydroxyl groups is 1. The molecule has 1 heterocycles. The predicted octanol–water partition coefficient (Wildman–Crippen LogP) is 0.923. The number of aliphatic hydroxyl groups excluding tert-OH is 1. The minimum Gasteiger partial charge on any atom is -0.481 e. The average Bonchev–Trinajstić information content (AvgIpc) is 3.09. The van der Waals surface area contributed by atoms with Crippen molar-refractivity contribution in [1.29, 1.82) is 0 Å². The SMILES string of the molecule is O=C(O)C1CC(S(=O)(=O)c2ccccc2)CC1C(=O)N1CCC(O)CC1. The molecule has 2 aliphatic rings. The first kappa shape index (κ1) is 18.8. The number of piperidine rings is 1. The number of hydrogen-bond donors (Lipinski definition) is 2. The Morgan fingerprint density at radius 1 is 1.00 bits per heavy atom. The molecule has 142 valence electrons. The van der Waals surface area contributed by atoms with Gasteiger partial charge in [0.05, 0.1) is 28.1 Å². The summed E-state index contributed by atoms with van der Waals surface area (Å²) in [6.07, 6.45) is 0.444. The summed E-state index contributed by atoms with van der Waals surface area (Å²) in [5.41, 5.74) is 0. The van der Waals surface area contributed by atoms with Crippen LogP contribution in [0.2, 0.25) is 0 Å². The molecule has 1 saturated carbocycles. The number of carboxylic acid groups (broad SMARTS) is 1. The molecule has 1 aliphatic carbocycles. The van der Waals surface area contributed by atoms with Gasteiger partial charge in [0, 0.05) is 13.1 Å². The predicted molar refractivity (Wildman–Crippen MR) is 93.1 cm³/mol. The van der Waals surface area contributed by atoms with Crippen molar-refractivity contribution in [2.75, 3.05) is 13.1 Å². The Labute approximate surface area is 152 Å². The second-order valence-electron chi connectivity index (χ2n) is 7.06. The summed E-state index contributed by atoms with van der Waals surface area (Å²) in [6, 6.07) is 7.94. The van der Waals surface area contributed by atoms with Gasteiger partial charge in [0.25, 0.3) is 0 Å². The highest BCUT2D eigenvalue weighted by atomic mass is 32.2. The Kier molecular flexibility index (Phi) is 5.34. The highest BCUT2D eigenvalue weighted by Gasteiger charge is 2.48. The van der Waals surface area contributed by atoms with Crippen molar-refractivity contribution in [2.45, 2.75) is 41.9 Å². The van der Waals surface area contributed by atoms with Crippen LogP contribution in [-0.4, -0.2) is 59.9 Å². The summed E-state index contributed by atoms with van der Waals surface area (Å²) in [7, 11) is -3.69. The Morgan fingerprint density at radius 3 is 2.15 bits per heavy atom. The minimum atomic E-state index is -3.69. The topological polar surface area (TPSA) is 112 Å². The van der Waals surface area contributed by atoms with E-state index in [2.05, 4.69) is 0 Å². The number of sulfone groups is 1. The van der Waals surface area contributed by atoms with Gasteiger partial charge in [-0.2, -0.15) is 0 Å². The van der Waals surface area contributed by atoms with Gasteiger partial charge in [-0.25, -0.2) is 8.42 Å². The van der Waals surface area contributed by atoms with E-state index < -0.39 is 39.0 Å². The first-order valence-corrected chi connectivity index (χ1v) is 10.3. The second-order valence-corrected chi connectivity index (χ2v) is 9.29. The number of rotatable bonds is 4. The molecule has 3 rings (SSSR count). The van der Waals surface area contributed by atoms with E-state index in [9.17, 15) is 28.2 Å². The quantitative estimate of drug-likeness (QED) is 0.802. The third-order valence-corrected chi connectivity index (χ3v) is 7.63. The molecular weight excluding hydrogens is 358 g/mol. The fourth-order valence-electron chi connectivity index (χ4n) is 3.91. The number of aliphatic carboxylic acids is 1. The molecule has 0 spiro atoms. The third-order valence-electron chi connectivity index (χ3n) is 5.44. The first-order valence-electron chi connectivity index (χ1n) is 8.79. The van der Waals surface area contributed by atoms with Crippen LogP contribution in [0.3, 0.4) is 0 Å². The summed E-state index contributed by atoms with van der Waals surface area (Å²) < 4.78 is 25.7. The van der Waals surface area contributed by atoms with Crippen LogP contribution in [0.1, 0.15) is 25.7 Å². The lowest BCUT2D eigenvalue weighted by Crippen LogP contribution is -2.44. The van der Waals surface area contributed by atoms with Gasteiger partial charge >= 0.3 is 5.97 Å². The van der Waals surface area contributed by atoms with Gasteiger partial charge < -0.3 is 15.1 Å². The molecule has 3 atom stereocenters. The van der Waals surface area contributed by atoms with Crippen molar-refractivity contribution < 1.29 is 28.2 Å². The van der Waals surface area contributed by atoms with Crippen LogP contribution >= 0.6 is 0 Å². The molecule has 1 amide bonds. The summed E-state index contributed by atoms with van der Waals surface area (Å²) in [5.74, 6) is -3.29. The smallest absolute Gasteiger partial charge is 0.307 e. The molecule has 26 heavy (non-hydrogen) atoms. The van der Waals surface area contributed by atoms with Crippen LogP contribution in [0.15, 0.2) is 35.2 Å². The highest BCUT2D eigenvalue weighted by molar-refractivity contribution is 7.92. The molecular formula is C18H23NO6S. The van der Waals surface area contributed by atoms with E-state index in [-0.39, 0.29) is 23.6 Å². The van der Waals surface area contributed by atoms with Crippen molar-refractivity contribution in [3.63, 3.8) is 0 Å². The van der Waals surface area contributed by atoms with Gasteiger partial charge in [-0.1, -0.05) is 18.2 Å². The van der Waals surface area contributed by atoms with E-state index in [1.54, 1.807) is 23.1 Å². The number of hydrogen-bond acceptors (Lipinski definition) is 5. The van der Waals surface area contributed by atoms with Crippen molar-refractivity contribution in [2.24, 2.45) is 11.8 Å². The Balaban J connectivity index is 1.81. The van der Waals surface area contributed by atoms with E-state index in [1.165, 1.54) is 12.1 Å². The van der Waals surface area contributed by atoms with Crippen LogP contribution in [-0.2, 0) is 19.4 Å². The number of carbonyl (C=O) groups is 2. The Morgan fingerprint density at radius 2 is 1.58 bits per heavy atom. The van der Waals surface area contributed by atoms with Crippen molar-refractivity contribution in [3.05, 3.63) is 30.3 Å². The van der Waals surface area contributed by atoms with Gasteiger partial charge in [0.1, 0.15) is 0 Å². The molecule has 2 N–H and O–H groups in total. The monoisotopic (exact) mass is 381 g/mol. The molecule has 1 aromatic carbocycles. The van der Waals surface area contributed by atoms with E-state index in [0.29, 0.717) is 25.9 Å². The van der Waals surface area contributed by atoms with Crippen LogP contribution in [0, 0.1) is 11.8 Å². The Hall–Kier alpha value is -1.93. The molecule has 1 aliphatic heterocycles. The third kappa shape index (κ3) is 3.61. The molecule has 7 nitrogen and oxygen atoms in total. The summed E-state index contributed by atoms with van der Waals surface area (Å²) in [5, 5.41) is 18.2. The lowest BCUT2D eigenvalue weighted by Gasteiger charge is -2.32. The molecule has 0 radical (unpaired) electrons. The van der Waals surface area contributed by atoms with Crippen LogP contribution in [0.4, 0.5) is 0 Å². The number of nitrogens with zero attached hydrogens (tertiary/aromatic N) is 1. The van der Waals surface area contributed by atoms with Crippen molar-refractivity contribution in [1.82, 2.24) is 4.90 Å². The van der Waals surface area contributed by atoms with Gasteiger partial charge in [-0.3, -0.25) is 9.59 Å². The largest absolute Gasteiger partial charge is 0.481 e.